The highest BCUT2D eigenvalue weighted by Crippen LogP contribution is 2.21. The van der Waals surface area contributed by atoms with E-state index in [1.165, 1.54) is 27.9 Å². The third-order valence-corrected chi connectivity index (χ3v) is 5.27. The Balaban J connectivity index is 1.40. The third-order valence-electron chi connectivity index (χ3n) is 5.27. The monoisotopic (exact) mass is 331 g/mol. The first kappa shape index (κ1) is 16.1. The number of benzene rings is 2. The van der Waals surface area contributed by atoms with Gasteiger partial charge in [0.05, 0.1) is 11.2 Å². The Labute approximate surface area is 149 Å². The average molecular weight is 331 g/mol. The topological polar surface area (TPSA) is 19.4 Å². The smallest absolute Gasteiger partial charge is 0.0705 e. The van der Waals surface area contributed by atoms with Crippen LogP contribution in [0.3, 0.4) is 0 Å². The van der Waals surface area contributed by atoms with Crippen LogP contribution in [0.25, 0.3) is 10.9 Å². The summed E-state index contributed by atoms with van der Waals surface area (Å²) in [6, 6.07) is 19.5. The number of anilines is 1. The molecule has 1 fully saturated rings. The van der Waals surface area contributed by atoms with E-state index >= 15 is 0 Å². The summed E-state index contributed by atoms with van der Waals surface area (Å²) in [6.45, 7) is 9.63. The normalized spacial score (nSPS) is 15.7. The van der Waals surface area contributed by atoms with Crippen LogP contribution in [0.4, 0.5) is 5.69 Å². The number of para-hydroxylation sites is 1. The first-order chi connectivity index (χ1) is 12.2. The van der Waals surface area contributed by atoms with Crippen molar-refractivity contribution in [3.8, 4) is 0 Å². The molecule has 2 heterocycles. The lowest BCUT2D eigenvalue weighted by Crippen LogP contribution is -2.46. The maximum absolute atomic E-state index is 4.81. The zero-order valence-electron chi connectivity index (χ0n) is 15.1. The minimum Gasteiger partial charge on any atom is -0.369 e. The van der Waals surface area contributed by atoms with Gasteiger partial charge < -0.3 is 4.90 Å². The van der Waals surface area contributed by atoms with Crippen molar-refractivity contribution in [1.82, 2.24) is 9.88 Å². The van der Waals surface area contributed by atoms with E-state index < -0.39 is 0 Å². The molecule has 0 amide bonds. The molecule has 3 nitrogen and oxygen atoms in total. The Bertz CT molecular complexity index is 879. The maximum atomic E-state index is 4.81. The second kappa shape index (κ2) is 6.85. The first-order valence-electron chi connectivity index (χ1n) is 9.08. The number of hydrogen-bond acceptors (Lipinski definition) is 3. The number of pyridine rings is 1. The molecule has 0 unspecified atom stereocenters. The standard InChI is InChI=1S/C22H25N3/c1-17-7-10-21(15-18(17)2)25-13-11-24(12-14-25)16-20-9-8-19-5-3-4-6-22(19)23-20/h3-10,15H,11-14,16H2,1-2H3. The molecule has 4 rings (SSSR count). The highest BCUT2D eigenvalue weighted by Gasteiger charge is 2.18. The fourth-order valence-corrected chi connectivity index (χ4v) is 3.51. The Hall–Kier alpha value is -2.39. The lowest BCUT2D eigenvalue weighted by molar-refractivity contribution is 0.247. The molecular formula is C22H25N3. The van der Waals surface area contributed by atoms with Gasteiger partial charge in [-0.1, -0.05) is 30.3 Å². The van der Waals surface area contributed by atoms with Gasteiger partial charge in [-0.05, 0) is 49.2 Å². The van der Waals surface area contributed by atoms with Crippen molar-refractivity contribution in [3.05, 3.63) is 71.4 Å². The van der Waals surface area contributed by atoms with Crippen LogP contribution < -0.4 is 4.90 Å². The molecule has 1 aliphatic heterocycles. The molecule has 1 aliphatic rings. The van der Waals surface area contributed by atoms with Crippen LogP contribution in [-0.2, 0) is 6.54 Å². The Morgan fingerprint density at radius 3 is 2.44 bits per heavy atom. The van der Waals surface area contributed by atoms with Gasteiger partial charge in [0.15, 0.2) is 0 Å². The van der Waals surface area contributed by atoms with Crippen molar-refractivity contribution in [2.45, 2.75) is 20.4 Å². The molecular weight excluding hydrogens is 306 g/mol. The Kier molecular flexibility index (Phi) is 4.41. The summed E-state index contributed by atoms with van der Waals surface area (Å²) in [7, 11) is 0. The minimum atomic E-state index is 0.936. The molecule has 2 aromatic carbocycles. The molecule has 1 saturated heterocycles. The van der Waals surface area contributed by atoms with Gasteiger partial charge in [0, 0.05) is 43.8 Å². The number of piperazine rings is 1. The van der Waals surface area contributed by atoms with Gasteiger partial charge in [0.2, 0.25) is 0 Å². The predicted octanol–water partition coefficient (Wildman–Crippen LogP) is 4.17. The first-order valence-corrected chi connectivity index (χ1v) is 9.08. The molecule has 0 aliphatic carbocycles. The predicted molar refractivity (Wildman–Crippen MR) is 105 cm³/mol. The van der Waals surface area contributed by atoms with Crippen molar-refractivity contribution in [3.63, 3.8) is 0 Å². The fourth-order valence-electron chi connectivity index (χ4n) is 3.51. The Morgan fingerprint density at radius 2 is 1.64 bits per heavy atom. The highest BCUT2D eigenvalue weighted by molar-refractivity contribution is 5.78. The van der Waals surface area contributed by atoms with Gasteiger partial charge >= 0.3 is 0 Å². The van der Waals surface area contributed by atoms with Gasteiger partial charge in [-0.2, -0.15) is 0 Å². The van der Waals surface area contributed by atoms with Crippen LogP contribution in [-0.4, -0.2) is 36.1 Å². The molecule has 0 N–H and O–H groups in total. The van der Waals surface area contributed by atoms with Crippen molar-refractivity contribution in [1.29, 1.82) is 0 Å². The third kappa shape index (κ3) is 3.52. The quantitative estimate of drug-likeness (QED) is 0.718. The summed E-state index contributed by atoms with van der Waals surface area (Å²) < 4.78 is 0. The number of aromatic nitrogens is 1. The van der Waals surface area contributed by atoms with Gasteiger partial charge in [-0.15, -0.1) is 0 Å². The molecule has 1 aromatic heterocycles. The van der Waals surface area contributed by atoms with E-state index in [0.29, 0.717) is 0 Å². The van der Waals surface area contributed by atoms with Crippen LogP contribution in [0.15, 0.2) is 54.6 Å². The molecule has 0 atom stereocenters. The van der Waals surface area contributed by atoms with Crippen LogP contribution in [0.2, 0.25) is 0 Å². The van der Waals surface area contributed by atoms with E-state index in [0.717, 1.165) is 38.2 Å². The van der Waals surface area contributed by atoms with E-state index in [1.807, 2.05) is 0 Å². The molecule has 0 saturated carbocycles. The number of fused-ring (bicyclic) bond motifs is 1. The zero-order valence-corrected chi connectivity index (χ0v) is 15.1. The Morgan fingerprint density at radius 1 is 0.840 bits per heavy atom. The van der Waals surface area contributed by atoms with Gasteiger partial charge in [-0.3, -0.25) is 9.88 Å². The minimum absolute atomic E-state index is 0.936. The van der Waals surface area contributed by atoms with Crippen LogP contribution >= 0.6 is 0 Å². The molecule has 3 aromatic rings. The highest BCUT2D eigenvalue weighted by atomic mass is 15.3. The van der Waals surface area contributed by atoms with Crippen molar-refractivity contribution in [2.24, 2.45) is 0 Å². The molecule has 3 heteroatoms. The van der Waals surface area contributed by atoms with Crippen LogP contribution in [0.1, 0.15) is 16.8 Å². The number of nitrogens with zero attached hydrogens (tertiary/aromatic N) is 3. The largest absolute Gasteiger partial charge is 0.369 e. The van der Waals surface area contributed by atoms with Gasteiger partial charge in [-0.25, -0.2) is 0 Å². The van der Waals surface area contributed by atoms with Gasteiger partial charge in [0.1, 0.15) is 0 Å². The molecule has 128 valence electrons. The van der Waals surface area contributed by atoms with Crippen molar-refractivity contribution < 1.29 is 0 Å². The van der Waals surface area contributed by atoms with Crippen LogP contribution in [0.5, 0.6) is 0 Å². The molecule has 25 heavy (non-hydrogen) atoms. The summed E-state index contributed by atoms with van der Waals surface area (Å²) in [5, 5.41) is 1.21. The fraction of sp³-hybridized carbons (Fsp3) is 0.318. The van der Waals surface area contributed by atoms with E-state index in [2.05, 4.69) is 78.2 Å². The van der Waals surface area contributed by atoms with Crippen molar-refractivity contribution in [2.75, 3.05) is 31.1 Å². The van der Waals surface area contributed by atoms with Crippen molar-refractivity contribution >= 4 is 16.6 Å². The van der Waals surface area contributed by atoms with E-state index in [1.54, 1.807) is 0 Å². The number of aryl methyl sites for hydroxylation is 2. The molecule has 0 radical (unpaired) electrons. The van der Waals surface area contributed by atoms with E-state index in [4.69, 9.17) is 4.98 Å². The second-order valence-corrected chi connectivity index (χ2v) is 7.03. The van der Waals surface area contributed by atoms with E-state index in [-0.39, 0.29) is 0 Å². The zero-order chi connectivity index (χ0) is 17.2. The summed E-state index contributed by atoms with van der Waals surface area (Å²) in [5.41, 5.74) is 6.35. The summed E-state index contributed by atoms with van der Waals surface area (Å²) in [5.74, 6) is 0. The number of hydrogen-bond donors (Lipinski definition) is 0. The SMILES string of the molecule is Cc1ccc(N2CCN(Cc3ccc4ccccc4n3)CC2)cc1C. The summed E-state index contributed by atoms with van der Waals surface area (Å²) >= 11 is 0. The summed E-state index contributed by atoms with van der Waals surface area (Å²) in [4.78, 5) is 9.82. The molecule has 0 spiro atoms. The van der Waals surface area contributed by atoms with Crippen LogP contribution in [0, 0.1) is 13.8 Å². The maximum Gasteiger partial charge on any atom is 0.0705 e. The van der Waals surface area contributed by atoms with Gasteiger partial charge in [0.25, 0.3) is 0 Å². The van der Waals surface area contributed by atoms with E-state index in [9.17, 15) is 0 Å². The molecule has 0 bridgehead atoms. The lowest BCUT2D eigenvalue weighted by atomic mass is 10.1. The lowest BCUT2D eigenvalue weighted by Gasteiger charge is -2.36. The summed E-state index contributed by atoms with van der Waals surface area (Å²) in [6.07, 6.45) is 0. The number of rotatable bonds is 3. The average Bonchev–Trinajstić information content (AvgIpc) is 2.65. The second-order valence-electron chi connectivity index (χ2n) is 7.03.